The Morgan fingerprint density at radius 2 is 2.29 bits per heavy atom. The van der Waals surface area contributed by atoms with Gasteiger partial charge in [0.05, 0.1) is 5.69 Å². The molecule has 1 unspecified atom stereocenters. The lowest BCUT2D eigenvalue weighted by molar-refractivity contribution is -0.00728. The summed E-state index contributed by atoms with van der Waals surface area (Å²) in [7, 11) is 0. The summed E-state index contributed by atoms with van der Waals surface area (Å²) in [6.07, 6.45) is 1.53. The van der Waals surface area contributed by atoms with Crippen LogP contribution >= 0.6 is 15.9 Å². The lowest BCUT2D eigenvalue weighted by Crippen LogP contribution is -2.49. The van der Waals surface area contributed by atoms with E-state index < -0.39 is 5.60 Å². The van der Waals surface area contributed by atoms with E-state index >= 15 is 0 Å². The number of hydrogen-bond donors (Lipinski definition) is 2. The number of carbonyl (C=O) groups excluding carboxylic acids is 1. The number of fused-ring (bicyclic) bond motifs is 2. The molecule has 1 fully saturated rings. The van der Waals surface area contributed by atoms with Crippen LogP contribution in [0.3, 0.4) is 0 Å². The van der Waals surface area contributed by atoms with Gasteiger partial charge in [-0.05, 0) is 37.6 Å². The Morgan fingerprint density at radius 1 is 1.41 bits per heavy atom. The van der Waals surface area contributed by atoms with E-state index in [4.69, 9.17) is 4.74 Å². The minimum absolute atomic E-state index is 0.358. The van der Waals surface area contributed by atoms with Crippen LogP contribution in [0.1, 0.15) is 18.4 Å². The molecule has 1 spiro atoms. The standard InChI is InChI=1S/C12H13BrN2O2/c13-8-2-3-10-9(6-8)12(17-11(16)15-10)4-1-5-14-7-12/h2-3,6,14H,1,4-5,7H2,(H,15,16). The molecule has 2 heterocycles. The molecule has 3 rings (SSSR count). The Kier molecular flexibility index (Phi) is 2.60. The van der Waals surface area contributed by atoms with Gasteiger partial charge in [0.15, 0.2) is 5.60 Å². The van der Waals surface area contributed by atoms with Crippen molar-refractivity contribution < 1.29 is 9.53 Å². The molecule has 5 heteroatoms. The molecule has 0 aliphatic carbocycles. The van der Waals surface area contributed by atoms with Crippen molar-refractivity contribution in [3.05, 3.63) is 28.2 Å². The van der Waals surface area contributed by atoms with Crippen molar-refractivity contribution in [2.24, 2.45) is 0 Å². The monoisotopic (exact) mass is 296 g/mol. The smallest absolute Gasteiger partial charge is 0.412 e. The zero-order chi connectivity index (χ0) is 11.9. The van der Waals surface area contributed by atoms with Gasteiger partial charge in [-0.3, -0.25) is 5.32 Å². The van der Waals surface area contributed by atoms with E-state index in [0.717, 1.165) is 35.1 Å². The van der Waals surface area contributed by atoms with E-state index in [0.29, 0.717) is 6.54 Å². The summed E-state index contributed by atoms with van der Waals surface area (Å²) in [5.41, 5.74) is 1.41. The fourth-order valence-corrected chi connectivity index (χ4v) is 2.93. The van der Waals surface area contributed by atoms with Gasteiger partial charge >= 0.3 is 6.09 Å². The van der Waals surface area contributed by atoms with Gasteiger partial charge in [-0.15, -0.1) is 0 Å². The fraction of sp³-hybridized carbons (Fsp3) is 0.417. The Labute approximate surface area is 108 Å². The number of anilines is 1. The topological polar surface area (TPSA) is 50.4 Å². The summed E-state index contributed by atoms with van der Waals surface area (Å²) in [6, 6.07) is 5.87. The number of rotatable bonds is 0. The minimum atomic E-state index is -0.500. The van der Waals surface area contributed by atoms with E-state index in [1.165, 1.54) is 0 Å². The molecule has 90 valence electrons. The zero-order valence-electron chi connectivity index (χ0n) is 9.25. The summed E-state index contributed by atoms with van der Waals surface area (Å²) in [6.45, 7) is 1.67. The highest BCUT2D eigenvalue weighted by atomic mass is 79.9. The van der Waals surface area contributed by atoms with Crippen LogP contribution in [0.4, 0.5) is 10.5 Å². The average Bonchev–Trinajstić information content (AvgIpc) is 2.31. The Bertz CT molecular complexity index is 470. The Morgan fingerprint density at radius 3 is 3.06 bits per heavy atom. The van der Waals surface area contributed by atoms with Crippen molar-refractivity contribution in [1.82, 2.24) is 5.32 Å². The molecule has 17 heavy (non-hydrogen) atoms. The van der Waals surface area contributed by atoms with E-state index in [9.17, 15) is 4.79 Å². The van der Waals surface area contributed by atoms with Gasteiger partial charge in [-0.2, -0.15) is 0 Å². The van der Waals surface area contributed by atoms with E-state index in [1.807, 2.05) is 18.2 Å². The van der Waals surface area contributed by atoms with Crippen molar-refractivity contribution >= 4 is 27.7 Å². The highest BCUT2D eigenvalue weighted by Gasteiger charge is 2.42. The molecule has 0 saturated carbocycles. The number of benzene rings is 1. The zero-order valence-corrected chi connectivity index (χ0v) is 10.8. The number of hydrogen-bond acceptors (Lipinski definition) is 3. The average molecular weight is 297 g/mol. The first-order valence-electron chi connectivity index (χ1n) is 5.70. The van der Waals surface area contributed by atoms with E-state index in [-0.39, 0.29) is 6.09 Å². The second kappa shape index (κ2) is 3.99. The van der Waals surface area contributed by atoms with E-state index in [1.54, 1.807) is 0 Å². The first-order chi connectivity index (χ1) is 8.20. The number of nitrogens with one attached hydrogen (secondary N) is 2. The molecule has 2 aliphatic heterocycles. The maximum atomic E-state index is 11.6. The number of ether oxygens (including phenoxy) is 1. The molecule has 4 nitrogen and oxygen atoms in total. The summed E-state index contributed by atoms with van der Waals surface area (Å²) in [5, 5.41) is 6.05. The van der Waals surface area contributed by atoms with Crippen LogP contribution < -0.4 is 10.6 Å². The quantitative estimate of drug-likeness (QED) is 0.774. The molecular weight excluding hydrogens is 284 g/mol. The minimum Gasteiger partial charge on any atom is -0.436 e. The highest BCUT2D eigenvalue weighted by Crippen LogP contribution is 2.41. The van der Waals surface area contributed by atoms with Crippen LogP contribution in [0.15, 0.2) is 22.7 Å². The molecule has 1 saturated heterocycles. The highest BCUT2D eigenvalue weighted by molar-refractivity contribution is 9.10. The molecule has 0 bridgehead atoms. The molecule has 0 radical (unpaired) electrons. The van der Waals surface area contributed by atoms with Gasteiger partial charge in [0.2, 0.25) is 0 Å². The molecule has 1 amide bonds. The van der Waals surface area contributed by atoms with Crippen LogP contribution in [-0.4, -0.2) is 19.2 Å². The largest absolute Gasteiger partial charge is 0.436 e. The number of carbonyl (C=O) groups is 1. The van der Waals surface area contributed by atoms with Gasteiger partial charge in [0.25, 0.3) is 0 Å². The lowest BCUT2D eigenvalue weighted by atomic mass is 9.84. The summed E-state index contributed by atoms with van der Waals surface area (Å²) in [4.78, 5) is 11.6. The van der Waals surface area contributed by atoms with Gasteiger partial charge in [-0.1, -0.05) is 15.9 Å². The molecule has 1 aromatic carbocycles. The SMILES string of the molecule is O=C1Nc2ccc(Br)cc2C2(CCCNC2)O1. The van der Waals surface area contributed by atoms with Crippen molar-refractivity contribution in [2.75, 3.05) is 18.4 Å². The van der Waals surface area contributed by atoms with Crippen molar-refractivity contribution in [3.8, 4) is 0 Å². The van der Waals surface area contributed by atoms with Crippen LogP contribution in [0, 0.1) is 0 Å². The summed E-state index contributed by atoms with van der Waals surface area (Å²) in [5.74, 6) is 0. The van der Waals surface area contributed by atoms with Crippen LogP contribution in [0.5, 0.6) is 0 Å². The molecule has 2 aliphatic rings. The Hall–Kier alpha value is -1.07. The molecule has 0 aromatic heterocycles. The predicted molar refractivity (Wildman–Crippen MR) is 68.0 cm³/mol. The maximum Gasteiger partial charge on any atom is 0.412 e. The third kappa shape index (κ3) is 1.83. The molecule has 2 N–H and O–H groups in total. The van der Waals surface area contributed by atoms with Crippen molar-refractivity contribution in [2.45, 2.75) is 18.4 Å². The fourth-order valence-electron chi connectivity index (χ4n) is 2.56. The lowest BCUT2D eigenvalue weighted by Gasteiger charge is -2.41. The number of piperidine rings is 1. The van der Waals surface area contributed by atoms with Gasteiger partial charge in [0, 0.05) is 16.6 Å². The van der Waals surface area contributed by atoms with Crippen LogP contribution in [0.25, 0.3) is 0 Å². The first-order valence-corrected chi connectivity index (χ1v) is 6.50. The van der Waals surface area contributed by atoms with Gasteiger partial charge < -0.3 is 10.1 Å². The maximum absolute atomic E-state index is 11.6. The van der Waals surface area contributed by atoms with Gasteiger partial charge in [-0.25, -0.2) is 4.79 Å². The van der Waals surface area contributed by atoms with Gasteiger partial charge in [0.1, 0.15) is 0 Å². The second-order valence-electron chi connectivity index (χ2n) is 4.48. The molecular formula is C12H13BrN2O2. The Balaban J connectivity index is 2.11. The second-order valence-corrected chi connectivity index (χ2v) is 5.39. The van der Waals surface area contributed by atoms with Crippen LogP contribution in [0.2, 0.25) is 0 Å². The molecule has 1 atom stereocenters. The summed E-state index contributed by atoms with van der Waals surface area (Å²) < 4.78 is 6.56. The molecule has 1 aromatic rings. The third-order valence-electron chi connectivity index (χ3n) is 3.34. The number of halogens is 1. The normalized spacial score (nSPS) is 27.2. The predicted octanol–water partition coefficient (Wildman–Crippen LogP) is 2.59. The van der Waals surface area contributed by atoms with Crippen LogP contribution in [-0.2, 0) is 10.3 Å². The first kappa shape index (κ1) is 11.0. The summed E-state index contributed by atoms with van der Waals surface area (Å²) >= 11 is 3.47. The van der Waals surface area contributed by atoms with Crippen molar-refractivity contribution in [1.29, 1.82) is 0 Å². The van der Waals surface area contributed by atoms with E-state index in [2.05, 4.69) is 26.6 Å². The van der Waals surface area contributed by atoms with Crippen molar-refractivity contribution in [3.63, 3.8) is 0 Å². The number of amides is 1. The third-order valence-corrected chi connectivity index (χ3v) is 3.84.